The fourth-order valence-corrected chi connectivity index (χ4v) is 7.43. The predicted octanol–water partition coefficient (Wildman–Crippen LogP) is 17.1. The van der Waals surface area contributed by atoms with Gasteiger partial charge in [0.2, 0.25) is 0 Å². The molecular weight excluding hydrogens is 1080 g/mol. The Morgan fingerprint density at radius 2 is 0.974 bits per heavy atom. The first-order valence-corrected chi connectivity index (χ1v) is 27.9. The van der Waals surface area contributed by atoms with Gasteiger partial charge in [-0.05, 0) is 128 Å². The van der Waals surface area contributed by atoms with E-state index in [2.05, 4.69) is 28.9 Å². The van der Waals surface area contributed by atoms with Crippen molar-refractivity contribution in [3.05, 3.63) is 261 Å². The van der Waals surface area contributed by atoms with Gasteiger partial charge in [0.25, 0.3) is 0 Å². The fraction of sp³-hybridized carbons (Fsp3) is 0.219. The molecule has 0 aliphatic rings. The van der Waals surface area contributed by atoms with E-state index in [-0.39, 0.29) is 36.6 Å². The maximum absolute atomic E-state index is 13.4. The monoisotopic (exact) mass is 1150 g/mol. The van der Waals surface area contributed by atoms with Gasteiger partial charge in [-0.15, -0.1) is 0 Å². The largest absolute Gasteiger partial charge is 0.496 e. The van der Waals surface area contributed by atoms with Crippen LogP contribution < -0.4 is 18.9 Å². The summed E-state index contributed by atoms with van der Waals surface area (Å²) in [6.45, 7) is 7.68. The summed E-state index contributed by atoms with van der Waals surface area (Å²) in [7, 11) is 4.61. The van der Waals surface area contributed by atoms with Gasteiger partial charge in [0, 0.05) is 27.1 Å². The van der Waals surface area contributed by atoms with Crippen LogP contribution in [0, 0.1) is 23.3 Å². The Morgan fingerprint density at radius 1 is 0.551 bits per heavy atom. The standard InChI is InChI=1S/C17H19FO.C14H13FO2.C14H11FO2.C8H8O2.C6H4BrF.C4H11OP.CH4/c1-3-7-15(13-8-6-9-14(18)12-13)16-10-4-5-11-17(16)19-2;2*1-17-13-8-3-2-7-12(13)14(16)10-5-4-6-11(15)9-10;1-10-8-5-3-2-4-7(8)6-9;7-5-2-1-3-6(8)4-5;1-4-6(2,3)5;/h4-6,8-12,15H,3,7H2,1-2H3;2-9,14,16H,1H3;2-9H,1H3;2-6H,1H3;1-4H;4H2,1-3H3;1H4. The van der Waals surface area contributed by atoms with Crippen LogP contribution in [0.5, 0.6) is 23.0 Å². The molecule has 14 heteroatoms. The van der Waals surface area contributed by atoms with E-state index < -0.39 is 19.1 Å². The Kier molecular flexibility index (Phi) is 30.8. The molecule has 0 radical (unpaired) electrons. The Balaban J connectivity index is 0.000000332. The molecule has 8 nitrogen and oxygen atoms in total. The van der Waals surface area contributed by atoms with Gasteiger partial charge in [0.1, 0.15) is 52.4 Å². The SMILES string of the molecule is C.CCCC(c1cccc(F)c1)c1ccccc1OC.CCP(C)(C)=O.COc1ccccc1C(=O)c1cccc(F)c1.COc1ccccc1C(O)c1cccc(F)c1.COc1ccccc1C=O.Fc1cccc(Br)c1. The van der Waals surface area contributed by atoms with Crippen molar-refractivity contribution < 1.29 is 55.8 Å². The summed E-state index contributed by atoms with van der Waals surface area (Å²) in [4.78, 5) is 22.4. The van der Waals surface area contributed by atoms with Gasteiger partial charge in [0.15, 0.2) is 12.1 Å². The summed E-state index contributed by atoms with van der Waals surface area (Å²) < 4.78 is 83.7. The molecule has 78 heavy (non-hydrogen) atoms. The van der Waals surface area contributed by atoms with E-state index in [1.54, 1.807) is 131 Å². The number of aliphatic hydroxyl groups excluding tert-OH is 1. The van der Waals surface area contributed by atoms with Crippen LogP contribution in [-0.2, 0) is 4.57 Å². The van der Waals surface area contributed by atoms with Gasteiger partial charge in [-0.2, -0.15) is 0 Å². The van der Waals surface area contributed by atoms with E-state index in [1.807, 2.05) is 43.3 Å². The lowest BCUT2D eigenvalue weighted by Crippen LogP contribution is -2.04. The first kappa shape index (κ1) is 66.8. The zero-order chi connectivity index (χ0) is 56.8. The average Bonchev–Trinajstić information content (AvgIpc) is 3.45. The number of ketones is 1. The van der Waals surface area contributed by atoms with Crippen molar-refractivity contribution in [2.24, 2.45) is 0 Å². The van der Waals surface area contributed by atoms with Gasteiger partial charge >= 0.3 is 0 Å². The highest BCUT2D eigenvalue weighted by molar-refractivity contribution is 9.10. The van der Waals surface area contributed by atoms with E-state index in [0.29, 0.717) is 45.1 Å². The van der Waals surface area contributed by atoms with Crippen molar-refractivity contribution in [3.8, 4) is 23.0 Å². The van der Waals surface area contributed by atoms with Crippen LogP contribution in [0.2, 0.25) is 0 Å². The maximum atomic E-state index is 13.4. The number of methoxy groups -OCH3 is 4. The number of rotatable bonds is 14. The van der Waals surface area contributed by atoms with Crippen LogP contribution in [0.15, 0.2) is 199 Å². The van der Waals surface area contributed by atoms with Crippen LogP contribution >= 0.6 is 23.1 Å². The zero-order valence-corrected chi connectivity index (χ0v) is 47.0. The number of hydrogen-bond acceptors (Lipinski definition) is 8. The lowest BCUT2D eigenvalue weighted by molar-refractivity contribution is 0.103. The minimum absolute atomic E-state index is 0. The highest BCUT2D eigenvalue weighted by atomic mass is 79.9. The van der Waals surface area contributed by atoms with Gasteiger partial charge in [-0.25, -0.2) is 17.6 Å². The van der Waals surface area contributed by atoms with Crippen molar-refractivity contribution >= 4 is 35.1 Å². The zero-order valence-electron chi connectivity index (χ0n) is 44.5. The van der Waals surface area contributed by atoms with E-state index in [1.165, 1.54) is 62.8 Å². The molecule has 0 saturated carbocycles. The molecule has 0 saturated heterocycles. The third-order valence-corrected chi connectivity index (χ3v) is 13.2. The van der Waals surface area contributed by atoms with E-state index in [0.717, 1.165) is 46.6 Å². The molecule has 0 spiro atoms. The topological polar surface area (TPSA) is 108 Å². The van der Waals surface area contributed by atoms with Crippen LogP contribution in [0.1, 0.15) is 94.7 Å². The average molecular weight is 1150 g/mol. The molecule has 414 valence electrons. The summed E-state index contributed by atoms with van der Waals surface area (Å²) in [6.07, 6.45) is 2.73. The molecule has 8 aromatic carbocycles. The molecule has 0 aliphatic heterocycles. The maximum Gasteiger partial charge on any atom is 0.196 e. The molecule has 0 aromatic heterocycles. The predicted molar refractivity (Wildman–Crippen MR) is 312 cm³/mol. The van der Waals surface area contributed by atoms with E-state index in [4.69, 9.17) is 18.9 Å². The normalized spacial score (nSPS) is 10.8. The second kappa shape index (κ2) is 35.9. The number of benzene rings is 8. The van der Waals surface area contributed by atoms with Crippen LogP contribution in [0.4, 0.5) is 17.6 Å². The molecule has 0 bridgehead atoms. The molecule has 8 rings (SSSR count). The molecule has 0 fully saturated rings. The summed E-state index contributed by atoms with van der Waals surface area (Å²) in [6, 6.07) is 53.7. The van der Waals surface area contributed by atoms with Crippen molar-refractivity contribution in [2.75, 3.05) is 47.9 Å². The van der Waals surface area contributed by atoms with E-state index in [9.17, 15) is 36.8 Å². The number of ether oxygens (including phenoxy) is 4. The minimum Gasteiger partial charge on any atom is -0.496 e. The number of aldehydes is 1. The molecule has 0 heterocycles. The first-order valence-electron chi connectivity index (χ1n) is 24.3. The number of carbonyl (C=O) groups excluding carboxylic acids is 2. The summed E-state index contributed by atoms with van der Waals surface area (Å²) in [5, 5.41) is 10.2. The molecular formula is C64H70BrF4O8P. The molecule has 0 aliphatic carbocycles. The number of halogens is 5. The number of hydrogen-bond donors (Lipinski definition) is 1. The Bertz CT molecular complexity index is 3080. The first-order chi connectivity index (χ1) is 36.9. The fourth-order valence-electron chi connectivity index (χ4n) is 7.06. The summed E-state index contributed by atoms with van der Waals surface area (Å²) in [5.74, 6) is 1.31. The number of para-hydroxylation sites is 4. The third kappa shape index (κ3) is 23.1. The molecule has 1 N–H and O–H groups in total. The van der Waals surface area contributed by atoms with Crippen LogP contribution in [0.3, 0.4) is 0 Å². The Hall–Kier alpha value is -7.31. The van der Waals surface area contributed by atoms with Crippen molar-refractivity contribution in [2.45, 2.75) is 46.1 Å². The smallest absolute Gasteiger partial charge is 0.196 e. The molecule has 8 aromatic rings. The van der Waals surface area contributed by atoms with Crippen molar-refractivity contribution in [3.63, 3.8) is 0 Å². The summed E-state index contributed by atoms with van der Waals surface area (Å²) >= 11 is 3.12. The quantitative estimate of drug-likeness (QED) is 0.0496. The van der Waals surface area contributed by atoms with Crippen molar-refractivity contribution in [1.29, 1.82) is 0 Å². The van der Waals surface area contributed by atoms with Crippen LogP contribution in [-0.4, -0.2) is 65.1 Å². The lowest BCUT2D eigenvalue weighted by atomic mass is 9.87. The second-order valence-corrected chi connectivity index (χ2v) is 21.8. The lowest BCUT2D eigenvalue weighted by Gasteiger charge is -2.20. The van der Waals surface area contributed by atoms with Gasteiger partial charge in [0.05, 0.1) is 46.7 Å². The van der Waals surface area contributed by atoms with Crippen molar-refractivity contribution in [1.82, 2.24) is 0 Å². The van der Waals surface area contributed by atoms with Gasteiger partial charge in [-0.3, -0.25) is 9.59 Å². The second-order valence-electron chi connectivity index (χ2n) is 17.1. The number of carbonyl (C=O) groups is 2. The Morgan fingerprint density at radius 3 is 1.44 bits per heavy atom. The van der Waals surface area contributed by atoms with E-state index >= 15 is 0 Å². The van der Waals surface area contributed by atoms with Gasteiger partial charge in [-0.1, -0.05) is 147 Å². The number of aliphatic hydroxyl groups is 1. The molecule has 2 atom stereocenters. The van der Waals surface area contributed by atoms with Crippen LogP contribution in [0.25, 0.3) is 0 Å². The summed E-state index contributed by atoms with van der Waals surface area (Å²) in [5.41, 5.74) is 4.60. The third-order valence-electron chi connectivity index (χ3n) is 11.2. The molecule has 2 unspecified atom stereocenters. The molecule has 0 amide bonds. The van der Waals surface area contributed by atoms with Gasteiger partial charge < -0.3 is 28.6 Å². The highest BCUT2D eigenvalue weighted by Crippen LogP contribution is 2.36. The Labute approximate surface area is 466 Å². The minimum atomic E-state index is -1.65. The highest BCUT2D eigenvalue weighted by Gasteiger charge is 2.19.